The van der Waals surface area contributed by atoms with Crippen LogP contribution in [0.3, 0.4) is 0 Å². The molecule has 3 aromatic carbocycles. The summed E-state index contributed by atoms with van der Waals surface area (Å²) in [6.45, 7) is 0.501. The summed E-state index contributed by atoms with van der Waals surface area (Å²) in [5, 5.41) is 8.18. The van der Waals surface area contributed by atoms with Crippen molar-refractivity contribution in [3.63, 3.8) is 0 Å². The van der Waals surface area contributed by atoms with Gasteiger partial charge in [0.15, 0.2) is 0 Å². The lowest BCUT2D eigenvalue weighted by Gasteiger charge is -2.15. The van der Waals surface area contributed by atoms with Crippen molar-refractivity contribution in [1.82, 2.24) is 14.3 Å². The first-order valence-electron chi connectivity index (χ1n) is 10.6. The van der Waals surface area contributed by atoms with Crippen molar-refractivity contribution < 1.29 is 8.78 Å². The van der Waals surface area contributed by atoms with Crippen LogP contribution >= 0.6 is 0 Å². The van der Waals surface area contributed by atoms with Crippen LogP contribution in [-0.2, 0) is 13.6 Å². The third-order valence-corrected chi connectivity index (χ3v) is 5.61. The fraction of sp³-hybridized carbons (Fsp3) is 0.0769. The van der Waals surface area contributed by atoms with Crippen molar-refractivity contribution in [2.45, 2.75) is 6.54 Å². The number of nitrogens with two attached hydrogens (primary N) is 1. The molecule has 0 bridgehead atoms. The number of aryl methyl sites for hydroxylation is 1. The van der Waals surface area contributed by atoms with Gasteiger partial charge >= 0.3 is 0 Å². The van der Waals surface area contributed by atoms with Crippen molar-refractivity contribution >= 4 is 28.0 Å². The summed E-state index contributed by atoms with van der Waals surface area (Å²) in [5.41, 5.74) is 9.89. The number of nitrogen functional groups attached to an aromatic ring is 1. The highest BCUT2D eigenvalue weighted by Crippen LogP contribution is 2.35. The highest BCUT2D eigenvalue weighted by atomic mass is 19.1. The predicted molar refractivity (Wildman–Crippen MR) is 130 cm³/mol. The molecule has 3 N–H and O–H groups in total. The molecule has 0 spiro atoms. The maximum absolute atomic E-state index is 14.3. The molecule has 0 saturated carbocycles. The summed E-state index contributed by atoms with van der Waals surface area (Å²) in [7, 11) is 1.67. The van der Waals surface area contributed by atoms with Gasteiger partial charge in [0, 0.05) is 48.0 Å². The van der Waals surface area contributed by atoms with E-state index in [4.69, 9.17) is 10.8 Å². The zero-order chi connectivity index (χ0) is 23.8. The number of rotatable bonds is 5. The lowest BCUT2D eigenvalue weighted by atomic mass is 10.0. The maximum Gasteiger partial charge on any atom is 0.261 e. The van der Waals surface area contributed by atoms with Crippen LogP contribution in [-0.4, -0.2) is 14.3 Å². The number of hydrogen-bond acceptors (Lipinski definition) is 4. The zero-order valence-electron chi connectivity index (χ0n) is 18.3. The van der Waals surface area contributed by atoms with Gasteiger partial charge in [-0.3, -0.25) is 9.48 Å². The molecular weight excluding hydrogens is 436 g/mol. The Kier molecular flexibility index (Phi) is 5.33. The highest BCUT2D eigenvalue weighted by Gasteiger charge is 2.17. The van der Waals surface area contributed by atoms with Gasteiger partial charge in [-0.15, -0.1) is 0 Å². The molecule has 34 heavy (non-hydrogen) atoms. The Morgan fingerprint density at radius 2 is 1.71 bits per heavy atom. The molecule has 5 aromatic rings. The number of hydrogen-bond donors (Lipinski definition) is 2. The number of benzene rings is 3. The average Bonchev–Trinajstić information content (AvgIpc) is 3.24. The van der Waals surface area contributed by atoms with E-state index in [1.54, 1.807) is 42.3 Å². The summed E-state index contributed by atoms with van der Waals surface area (Å²) < 4.78 is 30.9. The SMILES string of the molecule is Cn1cc(-c2cc(N)ccc2Nc2ccc(F)cc2F)c2nn(Cc3ccccc3)cc2c1=O. The Balaban J connectivity index is 1.66. The molecule has 0 radical (unpaired) electrons. The summed E-state index contributed by atoms with van der Waals surface area (Å²) in [5.74, 6) is -1.38. The van der Waals surface area contributed by atoms with E-state index < -0.39 is 11.6 Å². The Bertz CT molecular complexity index is 1570. The number of pyridine rings is 1. The van der Waals surface area contributed by atoms with E-state index in [-0.39, 0.29) is 11.2 Å². The Labute approximate surface area is 193 Å². The van der Waals surface area contributed by atoms with Gasteiger partial charge in [0.2, 0.25) is 0 Å². The summed E-state index contributed by atoms with van der Waals surface area (Å²) in [4.78, 5) is 12.9. The molecule has 0 unspecified atom stereocenters. The number of anilines is 3. The zero-order valence-corrected chi connectivity index (χ0v) is 18.3. The van der Waals surface area contributed by atoms with Crippen molar-refractivity contribution in [1.29, 1.82) is 0 Å². The van der Waals surface area contributed by atoms with Crippen LogP contribution in [0, 0.1) is 11.6 Å². The lowest BCUT2D eigenvalue weighted by molar-refractivity contribution is 0.586. The first-order chi connectivity index (χ1) is 16.4. The number of halogens is 2. The first-order valence-corrected chi connectivity index (χ1v) is 10.6. The third kappa shape index (κ3) is 4.01. The molecule has 0 aliphatic heterocycles. The van der Waals surface area contributed by atoms with E-state index in [2.05, 4.69) is 5.32 Å². The molecule has 0 aliphatic rings. The Morgan fingerprint density at radius 1 is 0.941 bits per heavy atom. The molecule has 0 fully saturated rings. The largest absolute Gasteiger partial charge is 0.399 e. The second-order valence-corrected chi connectivity index (χ2v) is 8.09. The predicted octanol–water partition coefficient (Wildman–Crippen LogP) is 5.05. The van der Waals surface area contributed by atoms with Crippen LogP contribution < -0.4 is 16.6 Å². The van der Waals surface area contributed by atoms with Crippen LogP contribution in [0.15, 0.2) is 83.9 Å². The van der Waals surface area contributed by atoms with E-state index in [0.29, 0.717) is 39.9 Å². The molecule has 5 rings (SSSR count). The fourth-order valence-electron chi connectivity index (χ4n) is 3.96. The van der Waals surface area contributed by atoms with E-state index >= 15 is 0 Å². The molecular formula is C26H21F2N5O. The maximum atomic E-state index is 14.3. The normalized spacial score (nSPS) is 11.1. The van der Waals surface area contributed by atoms with Gasteiger partial charge in [0.1, 0.15) is 17.2 Å². The van der Waals surface area contributed by atoms with Crippen LogP contribution in [0.2, 0.25) is 0 Å². The fourth-order valence-corrected chi connectivity index (χ4v) is 3.96. The molecule has 6 nitrogen and oxygen atoms in total. The van der Waals surface area contributed by atoms with Gasteiger partial charge < -0.3 is 15.6 Å². The van der Waals surface area contributed by atoms with Gasteiger partial charge in [-0.1, -0.05) is 30.3 Å². The van der Waals surface area contributed by atoms with Gasteiger partial charge in [0.05, 0.1) is 17.6 Å². The van der Waals surface area contributed by atoms with E-state index in [9.17, 15) is 13.6 Å². The first kappa shape index (κ1) is 21.4. The average molecular weight is 457 g/mol. The van der Waals surface area contributed by atoms with Crippen molar-refractivity contribution in [3.05, 3.63) is 107 Å². The van der Waals surface area contributed by atoms with Gasteiger partial charge in [-0.25, -0.2) is 8.78 Å². The van der Waals surface area contributed by atoms with Crippen LogP contribution in [0.4, 0.5) is 25.8 Å². The molecule has 0 saturated heterocycles. The highest BCUT2D eigenvalue weighted by molar-refractivity contribution is 5.97. The topological polar surface area (TPSA) is 77.9 Å². The van der Waals surface area contributed by atoms with Crippen LogP contribution in [0.1, 0.15) is 5.56 Å². The Hall–Kier alpha value is -4.46. The summed E-state index contributed by atoms with van der Waals surface area (Å²) in [6.07, 6.45) is 3.42. The monoisotopic (exact) mass is 457 g/mol. The molecule has 2 aromatic heterocycles. The molecule has 0 amide bonds. The van der Waals surface area contributed by atoms with Gasteiger partial charge in [0.25, 0.3) is 5.56 Å². The number of nitrogens with one attached hydrogen (secondary N) is 1. The number of nitrogens with zero attached hydrogens (tertiary/aromatic N) is 3. The van der Waals surface area contributed by atoms with Gasteiger partial charge in [-0.2, -0.15) is 5.10 Å². The summed E-state index contributed by atoms with van der Waals surface area (Å²) >= 11 is 0. The minimum atomic E-state index is -0.722. The van der Waals surface area contributed by atoms with Crippen LogP contribution in [0.25, 0.3) is 22.0 Å². The van der Waals surface area contributed by atoms with E-state index in [1.165, 1.54) is 16.7 Å². The Morgan fingerprint density at radius 3 is 2.47 bits per heavy atom. The quantitative estimate of drug-likeness (QED) is 0.362. The molecule has 170 valence electrons. The van der Waals surface area contributed by atoms with Crippen molar-refractivity contribution in [2.24, 2.45) is 7.05 Å². The molecule has 0 atom stereocenters. The van der Waals surface area contributed by atoms with Gasteiger partial charge in [-0.05, 0) is 35.9 Å². The smallest absolute Gasteiger partial charge is 0.261 e. The second-order valence-electron chi connectivity index (χ2n) is 8.09. The minimum Gasteiger partial charge on any atom is -0.399 e. The molecule has 8 heteroatoms. The van der Waals surface area contributed by atoms with Crippen molar-refractivity contribution in [3.8, 4) is 11.1 Å². The molecule has 0 aliphatic carbocycles. The number of aromatic nitrogens is 3. The van der Waals surface area contributed by atoms with Crippen molar-refractivity contribution in [2.75, 3.05) is 11.1 Å². The standard InChI is InChI=1S/C26H21F2N5O/c1-32-14-20(25-21(26(32)34)15-33(31-25)13-16-5-3-2-4-6-16)19-12-18(29)8-10-23(19)30-24-9-7-17(27)11-22(24)28/h2-12,14-15,30H,13,29H2,1H3. The summed E-state index contributed by atoms with van der Waals surface area (Å²) in [6, 6.07) is 18.3. The third-order valence-electron chi connectivity index (χ3n) is 5.61. The second kappa shape index (κ2) is 8.47. The minimum absolute atomic E-state index is 0.114. The lowest BCUT2D eigenvalue weighted by Crippen LogP contribution is -2.16. The van der Waals surface area contributed by atoms with E-state index in [0.717, 1.165) is 11.6 Å². The van der Waals surface area contributed by atoms with Crippen LogP contribution in [0.5, 0.6) is 0 Å². The van der Waals surface area contributed by atoms with E-state index in [1.807, 2.05) is 30.3 Å². The molecule has 2 heterocycles. The number of fused-ring (bicyclic) bond motifs is 1.